The fraction of sp³-hybridized carbons (Fsp3) is 0.581. The molecule has 1 atom stereocenters. The number of hydrogen-bond donors (Lipinski definition) is 1. The van der Waals surface area contributed by atoms with Gasteiger partial charge in [-0.05, 0) is 49.1 Å². The third-order valence-electron chi connectivity index (χ3n) is 6.45. The van der Waals surface area contributed by atoms with Crippen molar-refractivity contribution in [1.29, 1.82) is 0 Å². The molecule has 34 heavy (non-hydrogen) atoms. The van der Waals surface area contributed by atoms with Crippen LogP contribution in [0.1, 0.15) is 109 Å². The smallest absolute Gasteiger partial charge is 0.265 e. The molecule has 0 aliphatic carbocycles. The van der Waals surface area contributed by atoms with Gasteiger partial charge in [0.25, 0.3) is 5.91 Å². The van der Waals surface area contributed by atoms with Gasteiger partial charge in [0, 0.05) is 5.69 Å². The van der Waals surface area contributed by atoms with Gasteiger partial charge in [0.15, 0.2) is 6.10 Å². The van der Waals surface area contributed by atoms with E-state index in [-0.39, 0.29) is 5.91 Å². The van der Waals surface area contributed by atoms with Crippen molar-refractivity contribution in [2.24, 2.45) is 0 Å². The van der Waals surface area contributed by atoms with Crippen molar-refractivity contribution in [3.05, 3.63) is 60.2 Å². The number of nitrogens with one attached hydrogen (secondary N) is 1. The lowest BCUT2D eigenvalue weighted by Gasteiger charge is -2.18. The molecule has 0 radical (unpaired) electrons. The lowest BCUT2D eigenvalue weighted by molar-refractivity contribution is -0.122. The Morgan fingerprint density at radius 3 is 1.91 bits per heavy atom. The molecule has 2 aromatic carbocycles. The van der Waals surface area contributed by atoms with Crippen molar-refractivity contribution in [1.82, 2.24) is 0 Å². The number of amides is 1. The maximum atomic E-state index is 12.6. The van der Waals surface area contributed by atoms with Crippen LogP contribution >= 0.6 is 0 Å². The van der Waals surface area contributed by atoms with E-state index in [9.17, 15) is 4.79 Å². The molecule has 0 saturated carbocycles. The van der Waals surface area contributed by atoms with E-state index in [4.69, 9.17) is 4.74 Å². The molecular weight excluding hydrogens is 418 g/mol. The quantitative estimate of drug-likeness (QED) is 0.210. The lowest BCUT2D eigenvalue weighted by Crippen LogP contribution is -2.32. The van der Waals surface area contributed by atoms with Gasteiger partial charge in [-0.3, -0.25) is 4.79 Å². The van der Waals surface area contributed by atoms with Gasteiger partial charge in [-0.1, -0.05) is 121 Å². The maximum absolute atomic E-state index is 12.6. The number of anilines is 1. The third-order valence-corrected chi connectivity index (χ3v) is 6.45. The minimum absolute atomic E-state index is 0.101. The maximum Gasteiger partial charge on any atom is 0.265 e. The molecule has 2 aromatic rings. The first-order valence-electron chi connectivity index (χ1n) is 13.8. The molecule has 0 heterocycles. The standard InChI is InChI=1S/C31H47NO2/c1-3-5-6-7-8-9-10-11-12-13-14-15-17-21-27-22-20-25-29(26-27)34-30(4-2)31(33)32-28-23-18-16-19-24-28/h16,18-20,22-26,30H,3-15,17,21H2,1-2H3,(H,32,33). The SMILES string of the molecule is CCCCCCCCCCCCCCCc1cccc(OC(CC)C(=O)Nc2ccccc2)c1. The summed E-state index contributed by atoms with van der Waals surface area (Å²) in [6.45, 7) is 4.26. The highest BCUT2D eigenvalue weighted by Crippen LogP contribution is 2.19. The summed E-state index contributed by atoms with van der Waals surface area (Å²) < 4.78 is 6.05. The van der Waals surface area contributed by atoms with Gasteiger partial charge in [-0.15, -0.1) is 0 Å². The van der Waals surface area contributed by atoms with E-state index in [0.29, 0.717) is 6.42 Å². The number of carbonyl (C=O) groups excluding carboxylic acids is 1. The zero-order valence-corrected chi connectivity index (χ0v) is 21.7. The Morgan fingerprint density at radius 2 is 1.32 bits per heavy atom. The summed E-state index contributed by atoms with van der Waals surface area (Å²) in [6, 6.07) is 17.8. The summed E-state index contributed by atoms with van der Waals surface area (Å²) in [5, 5.41) is 2.94. The largest absolute Gasteiger partial charge is 0.481 e. The predicted molar refractivity (Wildman–Crippen MR) is 146 cm³/mol. The van der Waals surface area contributed by atoms with Crippen molar-refractivity contribution in [2.75, 3.05) is 5.32 Å². The van der Waals surface area contributed by atoms with Crippen LogP contribution < -0.4 is 10.1 Å². The highest BCUT2D eigenvalue weighted by Gasteiger charge is 2.18. The van der Waals surface area contributed by atoms with Crippen LogP contribution in [0.5, 0.6) is 5.75 Å². The van der Waals surface area contributed by atoms with E-state index in [1.54, 1.807) is 0 Å². The number of unbranched alkanes of at least 4 members (excludes halogenated alkanes) is 12. The van der Waals surface area contributed by atoms with Crippen LogP contribution in [0.2, 0.25) is 0 Å². The van der Waals surface area contributed by atoms with Gasteiger partial charge in [-0.2, -0.15) is 0 Å². The Hall–Kier alpha value is -2.29. The number of ether oxygens (including phenoxy) is 1. The molecule has 0 saturated heterocycles. The number of para-hydroxylation sites is 1. The Kier molecular flexibility index (Phi) is 14.9. The number of carbonyl (C=O) groups is 1. The fourth-order valence-electron chi connectivity index (χ4n) is 4.35. The van der Waals surface area contributed by atoms with Crippen LogP contribution in [0.25, 0.3) is 0 Å². The normalized spacial score (nSPS) is 11.8. The summed E-state index contributed by atoms with van der Waals surface area (Å²) in [4.78, 5) is 12.6. The average molecular weight is 466 g/mol. The van der Waals surface area contributed by atoms with Crippen molar-refractivity contribution in [3.8, 4) is 5.75 Å². The van der Waals surface area contributed by atoms with Gasteiger partial charge >= 0.3 is 0 Å². The van der Waals surface area contributed by atoms with E-state index in [0.717, 1.165) is 17.9 Å². The molecule has 1 amide bonds. The van der Waals surface area contributed by atoms with Crippen LogP contribution in [0.4, 0.5) is 5.69 Å². The molecule has 0 fully saturated rings. The molecule has 2 rings (SSSR count). The van der Waals surface area contributed by atoms with E-state index in [2.05, 4.69) is 24.4 Å². The Morgan fingerprint density at radius 1 is 0.735 bits per heavy atom. The summed E-state index contributed by atoms with van der Waals surface area (Å²) in [5.74, 6) is 0.679. The number of aryl methyl sites for hydroxylation is 1. The van der Waals surface area contributed by atoms with E-state index in [1.807, 2.05) is 49.4 Å². The Bertz CT molecular complexity index is 774. The Labute approximate surface area is 208 Å². The average Bonchev–Trinajstić information content (AvgIpc) is 2.86. The van der Waals surface area contributed by atoms with Crippen LogP contribution in [0, 0.1) is 0 Å². The monoisotopic (exact) mass is 465 g/mol. The molecule has 1 unspecified atom stereocenters. The van der Waals surface area contributed by atoms with E-state index >= 15 is 0 Å². The van der Waals surface area contributed by atoms with Crippen LogP contribution in [-0.4, -0.2) is 12.0 Å². The second kappa shape index (κ2) is 18.1. The van der Waals surface area contributed by atoms with Crippen LogP contribution in [0.15, 0.2) is 54.6 Å². The molecule has 0 aromatic heterocycles. The zero-order chi connectivity index (χ0) is 24.3. The minimum Gasteiger partial charge on any atom is -0.481 e. The third kappa shape index (κ3) is 12.3. The highest BCUT2D eigenvalue weighted by molar-refractivity contribution is 5.94. The molecule has 0 spiro atoms. The van der Waals surface area contributed by atoms with E-state index < -0.39 is 6.10 Å². The van der Waals surface area contributed by atoms with E-state index in [1.165, 1.54) is 89.0 Å². The summed E-state index contributed by atoms with van der Waals surface area (Å²) in [5.41, 5.74) is 2.09. The minimum atomic E-state index is -0.494. The van der Waals surface area contributed by atoms with Gasteiger partial charge in [0.2, 0.25) is 0 Å². The first-order valence-corrected chi connectivity index (χ1v) is 13.8. The molecule has 1 N–H and O–H groups in total. The summed E-state index contributed by atoms with van der Waals surface area (Å²) in [6.07, 6.45) is 19.1. The van der Waals surface area contributed by atoms with Crippen molar-refractivity contribution in [3.63, 3.8) is 0 Å². The first-order chi connectivity index (χ1) is 16.7. The molecule has 3 nitrogen and oxygen atoms in total. The van der Waals surface area contributed by atoms with Gasteiger partial charge < -0.3 is 10.1 Å². The van der Waals surface area contributed by atoms with Crippen molar-refractivity contribution < 1.29 is 9.53 Å². The molecule has 3 heteroatoms. The predicted octanol–water partition coefficient (Wildman–Crippen LogP) is 9.12. The second-order valence-electron chi connectivity index (χ2n) is 9.51. The van der Waals surface area contributed by atoms with Gasteiger partial charge in [0.05, 0.1) is 0 Å². The van der Waals surface area contributed by atoms with Crippen LogP contribution in [0.3, 0.4) is 0 Å². The molecule has 188 valence electrons. The Balaban J connectivity index is 1.59. The number of hydrogen-bond acceptors (Lipinski definition) is 2. The molecular formula is C31H47NO2. The number of benzene rings is 2. The van der Waals surface area contributed by atoms with Gasteiger partial charge in [0.1, 0.15) is 5.75 Å². The van der Waals surface area contributed by atoms with Gasteiger partial charge in [-0.25, -0.2) is 0 Å². The topological polar surface area (TPSA) is 38.3 Å². The molecule has 0 bridgehead atoms. The molecule has 0 aliphatic rings. The summed E-state index contributed by atoms with van der Waals surface area (Å²) >= 11 is 0. The zero-order valence-electron chi connectivity index (χ0n) is 21.7. The van der Waals surface area contributed by atoms with Crippen molar-refractivity contribution >= 4 is 11.6 Å². The first kappa shape index (κ1) is 28.0. The summed E-state index contributed by atoms with van der Waals surface area (Å²) in [7, 11) is 0. The van der Waals surface area contributed by atoms with Crippen LogP contribution in [-0.2, 0) is 11.2 Å². The molecule has 0 aliphatic heterocycles. The van der Waals surface area contributed by atoms with Crippen molar-refractivity contribution in [2.45, 2.75) is 116 Å². The fourth-order valence-corrected chi connectivity index (χ4v) is 4.35. The number of rotatable bonds is 19. The second-order valence-corrected chi connectivity index (χ2v) is 9.51. The highest BCUT2D eigenvalue weighted by atomic mass is 16.5. The lowest BCUT2D eigenvalue weighted by atomic mass is 10.0.